The number of pyridine rings is 2. The number of benzene rings is 1. The van der Waals surface area contributed by atoms with Crippen LogP contribution in [0, 0.1) is 5.82 Å². The number of rotatable bonds is 5. The summed E-state index contributed by atoms with van der Waals surface area (Å²) in [4.78, 5) is 23.8. The molecule has 4 aromatic rings. The van der Waals surface area contributed by atoms with Crippen molar-refractivity contribution in [2.24, 2.45) is 0 Å². The summed E-state index contributed by atoms with van der Waals surface area (Å²) in [5.41, 5.74) is 3.23. The zero-order chi connectivity index (χ0) is 23.5. The number of amides is 2. The summed E-state index contributed by atoms with van der Waals surface area (Å²) in [6.07, 6.45) is 7.23. The Bertz CT molecular complexity index is 1280. The Morgan fingerprint density at radius 1 is 1.06 bits per heavy atom. The highest BCUT2D eigenvalue weighted by atomic mass is 19.1. The van der Waals surface area contributed by atoms with Gasteiger partial charge in [0.05, 0.1) is 11.6 Å². The zero-order valence-corrected chi connectivity index (χ0v) is 18.9. The zero-order valence-electron chi connectivity index (χ0n) is 18.9. The number of nitrogens with one attached hydrogen (secondary N) is 3. The lowest BCUT2D eigenvalue weighted by atomic mass is 10.1. The number of carbonyl (C=O) groups excluding carboxylic acids is 1. The van der Waals surface area contributed by atoms with E-state index in [1.165, 1.54) is 31.4 Å². The molecule has 4 heterocycles. The van der Waals surface area contributed by atoms with Crippen molar-refractivity contribution in [1.82, 2.24) is 25.5 Å². The SMILES string of the molecule is C[C@@H](NC(=O)Nc1cc2[nH]nc(-c3ccc(N4CCCCC4)nc3)c2cn1)c1ccc(F)cc1. The van der Waals surface area contributed by atoms with Gasteiger partial charge in [0.2, 0.25) is 0 Å². The second kappa shape index (κ2) is 9.46. The molecule has 1 fully saturated rings. The minimum atomic E-state index is -0.402. The summed E-state index contributed by atoms with van der Waals surface area (Å²) in [5.74, 6) is 1.07. The van der Waals surface area contributed by atoms with Gasteiger partial charge in [-0.25, -0.2) is 19.2 Å². The minimum absolute atomic E-state index is 0.288. The fourth-order valence-corrected chi connectivity index (χ4v) is 4.22. The predicted octanol–water partition coefficient (Wildman–Crippen LogP) is 5.03. The fraction of sp³-hybridized carbons (Fsp3) is 0.280. The average molecular weight is 460 g/mol. The third kappa shape index (κ3) is 4.68. The van der Waals surface area contributed by atoms with E-state index in [2.05, 4.69) is 35.7 Å². The number of halogens is 1. The average Bonchev–Trinajstić information content (AvgIpc) is 3.28. The molecule has 0 bridgehead atoms. The van der Waals surface area contributed by atoms with Crippen molar-refractivity contribution in [1.29, 1.82) is 0 Å². The van der Waals surface area contributed by atoms with Crippen molar-refractivity contribution in [3.8, 4) is 11.3 Å². The summed E-state index contributed by atoms with van der Waals surface area (Å²) < 4.78 is 13.1. The molecule has 8 nitrogen and oxygen atoms in total. The normalized spacial score (nSPS) is 14.7. The van der Waals surface area contributed by atoms with Gasteiger partial charge in [-0.3, -0.25) is 10.4 Å². The largest absolute Gasteiger partial charge is 0.357 e. The molecule has 0 radical (unpaired) electrons. The number of urea groups is 1. The smallest absolute Gasteiger partial charge is 0.320 e. The van der Waals surface area contributed by atoms with Gasteiger partial charge in [0, 0.05) is 42.5 Å². The summed E-state index contributed by atoms with van der Waals surface area (Å²) in [6, 6.07) is 11.1. The maximum absolute atomic E-state index is 13.1. The van der Waals surface area contributed by atoms with Gasteiger partial charge in [0.15, 0.2) is 0 Å². The molecule has 0 unspecified atom stereocenters. The van der Waals surface area contributed by atoms with Gasteiger partial charge in [-0.2, -0.15) is 5.10 Å². The molecule has 1 saturated heterocycles. The van der Waals surface area contributed by atoms with Crippen LogP contribution in [0.3, 0.4) is 0 Å². The number of hydrogen-bond acceptors (Lipinski definition) is 5. The van der Waals surface area contributed by atoms with Crippen molar-refractivity contribution in [3.05, 3.63) is 66.2 Å². The number of carbonyl (C=O) groups is 1. The molecule has 3 N–H and O–H groups in total. The first-order valence-electron chi connectivity index (χ1n) is 11.5. The van der Waals surface area contributed by atoms with E-state index in [1.807, 2.05) is 25.3 Å². The monoisotopic (exact) mass is 459 g/mol. The first-order valence-corrected chi connectivity index (χ1v) is 11.5. The molecule has 1 aliphatic heterocycles. The van der Waals surface area contributed by atoms with Crippen molar-refractivity contribution in [3.63, 3.8) is 0 Å². The minimum Gasteiger partial charge on any atom is -0.357 e. The Morgan fingerprint density at radius 3 is 2.59 bits per heavy atom. The first kappa shape index (κ1) is 21.8. The molecule has 0 spiro atoms. The van der Waals surface area contributed by atoms with Crippen molar-refractivity contribution >= 4 is 28.6 Å². The summed E-state index contributed by atoms with van der Waals surface area (Å²) in [7, 11) is 0. The van der Waals surface area contributed by atoms with E-state index in [0.717, 1.165) is 46.6 Å². The highest BCUT2D eigenvalue weighted by molar-refractivity contribution is 5.95. The van der Waals surface area contributed by atoms with E-state index in [0.29, 0.717) is 5.82 Å². The van der Waals surface area contributed by atoms with Gasteiger partial charge in [-0.15, -0.1) is 0 Å². The molecule has 9 heteroatoms. The second-order valence-corrected chi connectivity index (χ2v) is 8.51. The van der Waals surface area contributed by atoms with E-state index >= 15 is 0 Å². The van der Waals surface area contributed by atoms with Gasteiger partial charge >= 0.3 is 6.03 Å². The van der Waals surface area contributed by atoms with Crippen molar-refractivity contribution in [2.75, 3.05) is 23.3 Å². The molecule has 174 valence electrons. The van der Waals surface area contributed by atoms with Gasteiger partial charge < -0.3 is 10.2 Å². The molecular formula is C25H26FN7O. The topological polar surface area (TPSA) is 98.8 Å². The lowest BCUT2D eigenvalue weighted by molar-refractivity contribution is 0.249. The molecule has 0 aliphatic carbocycles. The number of fused-ring (bicyclic) bond motifs is 1. The fourth-order valence-electron chi connectivity index (χ4n) is 4.22. The van der Waals surface area contributed by atoms with Gasteiger partial charge in [0.1, 0.15) is 23.1 Å². The van der Waals surface area contributed by atoms with Crippen LogP contribution in [0.4, 0.5) is 20.8 Å². The molecule has 1 aliphatic rings. The third-order valence-corrected chi connectivity index (χ3v) is 6.11. The Morgan fingerprint density at radius 2 is 1.85 bits per heavy atom. The highest BCUT2D eigenvalue weighted by Gasteiger charge is 2.15. The van der Waals surface area contributed by atoms with Crippen LogP contribution in [0.1, 0.15) is 37.8 Å². The van der Waals surface area contributed by atoms with Gasteiger partial charge in [0.25, 0.3) is 0 Å². The van der Waals surface area contributed by atoms with Crippen LogP contribution in [-0.4, -0.2) is 39.3 Å². The number of aromatic nitrogens is 4. The second-order valence-electron chi connectivity index (χ2n) is 8.51. The van der Waals surface area contributed by atoms with Crippen LogP contribution < -0.4 is 15.5 Å². The van der Waals surface area contributed by atoms with E-state index in [1.54, 1.807) is 24.4 Å². The summed E-state index contributed by atoms with van der Waals surface area (Å²) in [5, 5.41) is 13.9. The number of aromatic amines is 1. The maximum Gasteiger partial charge on any atom is 0.320 e. The summed E-state index contributed by atoms with van der Waals surface area (Å²) in [6.45, 7) is 3.93. The Hall–Kier alpha value is -4.01. The van der Waals surface area contributed by atoms with Crippen LogP contribution in [0.15, 0.2) is 54.9 Å². The van der Waals surface area contributed by atoms with Gasteiger partial charge in [-0.05, 0) is 56.0 Å². The predicted molar refractivity (Wildman–Crippen MR) is 130 cm³/mol. The number of H-pyrrole nitrogens is 1. The quantitative estimate of drug-likeness (QED) is 0.389. The number of anilines is 2. The molecule has 1 atom stereocenters. The van der Waals surface area contributed by atoms with E-state index in [-0.39, 0.29) is 11.9 Å². The molecule has 2 amide bonds. The van der Waals surface area contributed by atoms with Gasteiger partial charge in [-0.1, -0.05) is 12.1 Å². The Kier molecular flexibility index (Phi) is 6.07. The molecular weight excluding hydrogens is 433 g/mol. The molecule has 34 heavy (non-hydrogen) atoms. The van der Waals surface area contributed by atoms with Crippen molar-refractivity contribution in [2.45, 2.75) is 32.2 Å². The van der Waals surface area contributed by atoms with E-state index in [4.69, 9.17) is 0 Å². The van der Waals surface area contributed by atoms with Crippen LogP contribution in [0.5, 0.6) is 0 Å². The highest BCUT2D eigenvalue weighted by Crippen LogP contribution is 2.28. The lowest BCUT2D eigenvalue weighted by Crippen LogP contribution is -2.31. The first-order chi connectivity index (χ1) is 16.6. The van der Waals surface area contributed by atoms with Crippen molar-refractivity contribution < 1.29 is 9.18 Å². The number of nitrogens with zero attached hydrogens (tertiary/aromatic N) is 4. The Labute approximate surface area is 196 Å². The Balaban J connectivity index is 1.27. The van der Waals surface area contributed by atoms with Crippen LogP contribution in [0.25, 0.3) is 22.2 Å². The van der Waals surface area contributed by atoms with Crippen LogP contribution in [-0.2, 0) is 0 Å². The maximum atomic E-state index is 13.1. The van der Waals surface area contributed by atoms with E-state index < -0.39 is 6.03 Å². The molecule has 1 aromatic carbocycles. The molecule has 5 rings (SSSR count). The number of piperidine rings is 1. The van der Waals surface area contributed by atoms with Crippen LogP contribution in [0.2, 0.25) is 0 Å². The van der Waals surface area contributed by atoms with Crippen LogP contribution >= 0.6 is 0 Å². The molecule has 3 aromatic heterocycles. The standard InChI is InChI=1S/C25H26FN7O/c1-16(17-5-8-19(26)9-6-17)29-25(34)30-22-13-21-20(15-27-22)24(32-31-21)18-7-10-23(28-14-18)33-11-3-2-4-12-33/h5-10,13-16H,2-4,11-12H2,1H3,(H,31,32)(H2,27,29,30,34)/t16-/m1/s1. The van der Waals surface area contributed by atoms with E-state index in [9.17, 15) is 9.18 Å². The summed E-state index contributed by atoms with van der Waals surface area (Å²) >= 11 is 0. The lowest BCUT2D eigenvalue weighted by Gasteiger charge is -2.27. The number of hydrogen-bond donors (Lipinski definition) is 3. The third-order valence-electron chi connectivity index (χ3n) is 6.11. The molecule has 0 saturated carbocycles.